The molecule has 1 aliphatic heterocycles. The van der Waals surface area contributed by atoms with Gasteiger partial charge >= 0.3 is 0 Å². The van der Waals surface area contributed by atoms with E-state index in [0.717, 1.165) is 16.8 Å². The lowest BCUT2D eigenvalue weighted by Gasteiger charge is -1.99. The zero-order valence-electron chi connectivity index (χ0n) is 10.7. The largest absolute Gasteiger partial charge is 0.493 e. The minimum absolute atomic E-state index is 0.0437. The van der Waals surface area contributed by atoms with Crippen molar-refractivity contribution < 1.29 is 5.11 Å². The van der Waals surface area contributed by atoms with Gasteiger partial charge in [0.15, 0.2) is 0 Å². The number of para-hydroxylation sites is 1. The van der Waals surface area contributed by atoms with E-state index in [-0.39, 0.29) is 17.0 Å². The van der Waals surface area contributed by atoms with Crippen molar-refractivity contribution in [3.8, 4) is 5.88 Å². The first-order valence-corrected chi connectivity index (χ1v) is 5.89. The summed E-state index contributed by atoms with van der Waals surface area (Å²) >= 11 is 0. The Bertz CT molecular complexity index is 778. The maximum atomic E-state index is 12.0. The summed E-state index contributed by atoms with van der Waals surface area (Å²) in [4.78, 5) is 16.3. The van der Waals surface area contributed by atoms with Gasteiger partial charge < -0.3 is 5.11 Å². The lowest BCUT2D eigenvalue weighted by Crippen LogP contribution is -2.17. The van der Waals surface area contributed by atoms with Crippen LogP contribution in [0.4, 0.5) is 5.69 Å². The Morgan fingerprint density at radius 2 is 1.95 bits per heavy atom. The van der Waals surface area contributed by atoms with E-state index in [0.29, 0.717) is 0 Å². The predicted molar refractivity (Wildman–Crippen MR) is 74.8 cm³/mol. The van der Waals surface area contributed by atoms with Gasteiger partial charge in [-0.05, 0) is 12.1 Å². The van der Waals surface area contributed by atoms with E-state index in [1.165, 1.54) is 9.36 Å². The van der Waals surface area contributed by atoms with Crippen molar-refractivity contribution in [2.75, 3.05) is 0 Å². The summed E-state index contributed by atoms with van der Waals surface area (Å²) < 4.78 is 2.77. The van der Waals surface area contributed by atoms with Gasteiger partial charge in [-0.1, -0.05) is 18.2 Å². The average Bonchev–Trinajstić information content (AvgIpc) is 2.91. The molecule has 0 bridgehead atoms. The van der Waals surface area contributed by atoms with Crippen LogP contribution < -0.4 is 5.56 Å². The van der Waals surface area contributed by atoms with Crippen LogP contribution in [0.1, 0.15) is 11.1 Å². The highest BCUT2D eigenvalue weighted by Gasteiger charge is 2.16. The molecule has 5 nitrogen and oxygen atoms in total. The first-order valence-electron chi connectivity index (χ1n) is 5.89. The molecule has 0 unspecified atom stereocenters. The van der Waals surface area contributed by atoms with Crippen LogP contribution in [0.25, 0.3) is 11.6 Å². The molecule has 5 heteroatoms. The SMILES string of the molecule is Cn1c(O)c(C=C2C=Nc3ccccc32)c(=O)n1C. The van der Waals surface area contributed by atoms with Crippen molar-refractivity contribution in [1.82, 2.24) is 9.36 Å². The maximum absolute atomic E-state index is 12.0. The van der Waals surface area contributed by atoms with Crippen LogP contribution in [0.5, 0.6) is 5.88 Å². The number of benzene rings is 1. The minimum atomic E-state index is -0.231. The molecule has 0 aliphatic carbocycles. The molecule has 0 saturated carbocycles. The summed E-state index contributed by atoms with van der Waals surface area (Å²) in [6, 6.07) is 7.69. The van der Waals surface area contributed by atoms with Crippen molar-refractivity contribution in [1.29, 1.82) is 0 Å². The monoisotopic (exact) mass is 255 g/mol. The van der Waals surface area contributed by atoms with Gasteiger partial charge in [0.25, 0.3) is 5.56 Å². The highest BCUT2D eigenvalue weighted by atomic mass is 16.3. The maximum Gasteiger partial charge on any atom is 0.277 e. The lowest BCUT2D eigenvalue weighted by atomic mass is 10.1. The van der Waals surface area contributed by atoms with Crippen LogP contribution in [-0.4, -0.2) is 20.7 Å². The molecule has 19 heavy (non-hydrogen) atoms. The molecule has 0 atom stereocenters. The van der Waals surface area contributed by atoms with Crippen LogP contribution in [-0.2, 0) is 14.1 Å². The van der Waals surface area contributed by atoms with E-state index in [4.69, 9.17) is 0 Å². The van der Waals surface area contributed by atoms with E-state index in [1.807, 2.05) is 24.3 Å². The van der Waals surface area contributed by atoms with Gasteiger partial charge in [0.05, 0.1) is 5.69 Å². The molecule has 0 amide bonds. The minimum Gasteiger partial charge on any atom is -0.493 e. The number of fused-ring (bicyclic) bond motifs is 1. The fourth-order valence-electron chi connectivity index (χ4n) is 2.16. The molecule has 0 fully saturated rings. The van der Waals surface area contributed by atoms with Gasteiger partial charge in [-0.3, -0.25) is 19.2 Å². The summed E-state index contributed by atoms with van der Waals surface area (Å²) in [5.41, 5.74) is 2.72. The number of aromatic hydroxyl groups is 1. The average molecular weight is 255 g/mol. The van der Waals surface area contributed by atoms with E-state index in [9.17, 15) is 9.90 Å². The molecule has 1 aromatic heterocycles. The van der Waals surface area contributed by atoms with E-state index >= 15 is 0 Å². The van der Waals surface area contributed by atoms with E-state index < -0.39 is 0 Å². The third kappa shape index (κ3) is 1.62. The zero-order chi connectivity index (χ0) is 13.6. The number of allylic oxidation sites excluding steroid dienone is 1. The zero-order valence-corrected chi connectivity index (χ0v) is 10.7. The van der Waals surface area contributed by atoms with Gasteiger partial charge in [-0.15, -0.1) is 0 Å². The molecule has 0 spiro atoms. The Balaban J connectivity index is 2.18. The highest BCUT2D eigenvalue weighted by molar-refractivity contribution is 6.21. The first kappa shape index (κ1) is 11.5. The highest BCUT2D eigenvalue weighted by Crippen LogP contribution is 2.32. The van der Waals surface area contributed by atoms with Gasteiger partial charge in [-0.2, -0.15) is 0 Å². The second kappa shape index (κ2) is 3.98. The number of rotatable bonds is 1. The summed E-state index contributed by atoms with van der Waals surface area (Å²) in [6.07, 6.45) is 3.38. The van der Waals surface area contributed by atoms with Crippen molar-refractivity contribution >= 4 is 23.6 Å². The first-order chi connectivity index (χ1) is 9.09. The normalized spacial score (nSPS) is 15.2. The van der Waals surface area contributed by atoms with Crippen LogP contribution >= 0.6 is 0 Å². The summed E-state index contributed by atoms with van der Waals surface area (Å²) in [7, 11) is 3.25. The Kier molecular flexibility index (Phi) is 2.41. The van der Waals surface area contributed by atoms with Gasteiger partial charge in [0, 0.05) is 31.4 Å². The molecule has 2 heterocycles. The number of nitrogens with zero attached hydrogens (tertiary/aromatic N) is 3. The third-order valence-electron chi connectivity index (χ3n) is 3.38. The van der Waals surface area contributed by atoms with Crippen LogP contribution in [0.2, 0.25) is 0 Å². The van der Waals surface area contributed by atoms with Crippen LogP contribution in [0, 0.1) is 0 Å². The van der Waals surface area contributed by atoms with Crippen LogP contribution in [0.15, 0.2) is 34.1 Å². The van der Waals surface area contributed by atoms with E-state index in [2.05, 4.69) is 4.99 Å². The van der Waals surface area contributed by atoms with Gasteiger partial charge in [-0.25, -0.2) is 0 Å². The Morgan fingerprint density at radius 1 is 1.21 bits per heavy atom. The second-order valence-electron chi connectivity index (χ2n) is 4.46. The second-order valence-corrected chi connectivity index (χ2v) is 4.46. The summed E-state index contributed by atoms with van der Waals surface area (Å²) in [5, 5.41) is 9.96. The predicted octanol–water partition coefficient (Wildman–Crippen LogP) is 1.69. The Labute approximate surface area is 109 Å². The topological polar surface area (TPSA) is 59.5 Å². The molecule has 1 aliphatic rings. The molecule has 0 radical (unpaired) electrons. The molecular formula is C14H13N3O2. The number of aliphatic imine (C=N–C) groups is 1. The summed E-state index contributed by atoms with van der Waals surface area (Å²) in [5.74, 6) is -0.0437. The fourth-order valence-corrected chi connectivity index (χ4v) is 2.16. The number of hydrogen-bond donors (Lipinski definition) is 1. The number of aromatic nitrogens is 2. The number of hydrogen-bond acceptors (Lipinski definition) is 3. The van der Waals surface area contributed by atoms with Crippen molar-refractivity contribution in [2.24, 2.45) is 19.1 Å². The fraction of sp³-hybridized carbons (Fsp3) is 0.143. The molecule has 2 aromatic rings. The standard InChI is InChI=1S/C14H13N3O2/c1-16-13(18)11(14(19)17(16)2)7-9-8-15-12-6-4-3-5-10(9)12/h3-8,18H,1-2H3. The quantitative estimate of drug-likeness (QED) is 0.843. The molecule has 0 saturated heterocycles. The van der Waals surface area contributed by atoms with Crippen LogP contribution in [0.3, 0.4) is 0 Å². The van der Waals surface area contributed by atoms with Crippen molar-refractivity contribution in [3.63, 3.8) is 0 Å². The molecule has 3 rings (SSSR count). The van der Waals surface area contributed by atoms with Crippen molar-refractivity contribution in [2.45, 2.75) is 0 Å². The van der Waals surface area contributed by atoms with Crippen molar-refractivity contribution in [3.05, 3.63) is 45.7 Å². The Hall–Kier alpha value is -2.56. The third-order valence-corrected chi connectivity index (χ3v) is 3.38. The molecule has 96 valence electrons. The van der Waals surface area contributed by atoms with E-state index in [1.54, 1.807) is 26.4 Å². The molecule has 1 N–H and O–H groups in total. The summed E-state index contributed by atoms with van der Waals surface area (Å²) in [6.45, 7) is 0. The lowest BCUT2D eigenvalue weighted by molar-refractivity contribution is 0.396. The Morgan fingerprint density at radius 3 is 2.63 bits per heavy atom. The molecular weight excluding hydrogens is 242 g/mol. The smallest absolute Gasteiger partial charge is 0.277 e. The van der Waals surface area contributed by atoms with Gasteiger partial charge in [0.1, 0.15) is 5.56 Å². The van der Waals surface area contributed by atoms with Gasteiger partial charge in [0.2, 0.25) is 5.88 Å². The molecule has 1 aromatic carbocycles.